The minimum atomic E-state index is -0.206. The van der Waals surface area contributed by atoms with Crippen molar-refractivity contribution in [1.29, 1.82) is 0 Å². The smallest absolute Gasteiger partial charge is 0.134 e. The van der Waals surface area contributed by atoms with Crippen molar-refractivity contribution in [2.24, 2.45) is 0 Å². The molecule has 1 aromatic heterocycles. The van der Waals surface area contributed by atoms with E-state index in [0.717, 1.165) is 22.5 Å². The molecule has 108 valence electrons. The highest BCUT2D eigenvalue weighted by Gasteiger charge is 2.11. The molecule has 1 heterocycles. The summed E-state index contributed by atoms with van der Waals surface area (Å²) in [6.07, 6.45) is 0. The van der Waals surface area contributed by atoms with Crippen LogP contribution in [0.5, 0.6) is 0 Å². The van der Waals surface area contributed by atoms with Gasteiger partial charge in [-0.15, -0.1) is 0 Å². The van der Waals surface area contributed by atoms with E-state index >= 15 is 0 Å². The molecule has 3 heteroatoms. The summed E-state index contributed by atoms with van der Waals surface area (Å²) in [5.41, 5.74) is 0.919. The van der Waals surface area contributed by atoms with E-state index in [1.54, 1.807) is 12.1 Å². The second-order valence-electron chi connectivity index (χ2n) is 5.44. The second-order valence-corrected chi connectivity index (χ2v) is 5.44. The predicted molar refractivity (Wildman–Crippen MR) is 83.6 cm³/mol. The van der Waals surface area contributed by atoms with Crippen LogP contribution in [0.25, 0.3) is 22.1 Å². The van der Waals surface area contributed by atoms with Crippen molar-refractivity contribution in [3.05, 3.63) is 60.1 Å². The van der Waals surface area contributed by atoms with Crippen molar-refractivity contribution in [3.8, 4) is 11.3 Å². The first-order valence-electron chi connectivity index (χ1n) is 7.15. The maximum atomic E-state index is 13.9. The molecule has 0 aliphatic rings. The Hall–Kier alpha value is -2.13. The summed E-state index contributed by atoms with van der Waals surface area (Å²) in [6.45, 7) is 4.88. The van der Waals surface area contributed by atoms with Gasteiger partial charge in [0.1, 0.15) is 17.3 Å². The lowest BCUT2D eigenvalue weighted by atomic mass is 10.0. The Balaban J connectivity index is 1.99. The van der Waals surface area contributed by atoms with Gasteiger partial charge in [0, 0.05) is 17.0 Å². The molecule has 0 atom stereocenters. The molecule has 0 aliphatic heterocycles. The van der Waals surface area contributed by atoms with Gasteiger partial charge in [-0.05, 0) is 29.7 Å². The van der Waals surface area contributed by atoms with E-state index in [-0.39, 0.29) is 5.82 Å². The molecular formula is C18H18FNO. The first-order chi connectivity index (χ1) is 10.1. The SMILES string of the molecule is CC(C)NCc1ccc(-c2ccc(F)c3ccccc23)o1. The number of rotatable bonds is 4. The zero-order valence-electron chi connectivity index (χ0n) is 12.2. The summed E-state index contributed by atoms with van der Waals surface area (Å²) in [7, 11) is 0. The Bertz CT molecular complexity index is 761. The molecule has 2 nitrogen and oxygen atoms in total. The number of nitrogens with one attached hydrogen (secondary N) is 1. The fourth-order valence-corrected chi connectivity index (χ4v) is 2.40. The Kier molecular flexibility index (Phi) is 3.76. The van der Waals surface area contributed by atoms with Gasteiger partial charge in [0.25, 0.3) is 0 Å². The van der Waals surface area contributed by atoms with E-state index in [1.807, 2.05) is 30.3 Å². The lowest BCUT2D eigenvalue weighted by Crippen LogP contribution is -2.21. The maximum Gasteiger partial charge on any atom is 0.134 e. The Morgan fingerprint density at radius 3 is 2.52 bits per heavy atom. The molecule has 3 rings (SSSR count). The summed E-state index contributed by atoms with van der Waals surface area (Å²) in [4.78, 5) is 0. The second kappa shape index (κ2) is 5.70. The molecule has 0 fully saturated rings. The van der Waals surface area contributed by atoms with Crippen molar-refractivity contribution in [3.63, 3.8) is 0 Å². The van der Waals surface area contributed by atoms with Crippen LogP contribution in [0.15, 0.2) is 52.9 Å². The minimum Gasteiger partial charge on any atom is -0.460 e. The average Bonchev–Trinajstić information content (AvgIpc) is 2.94. The van der Waals surface area contributed by atoms with Crippen LogP contribution < -0.4 is 5.32 Å². The molecule has 0 saturated heterocycles. The fraction of sp³-hybridized carbons (Fsp3) is 0.222. The predicted octanol–water partition coefficient (Wildman–Crippen LogP) is 4.74. The first kappa shape index (κ1) is 13.8. The van der Waals surface area contributed by atoms with Gasteiger partial charge in [-0.3, -0.25) is 0 Å². The van der Waals surface area contributed by atoms with Crippen molar-refractivity contribution in [2.75, 3.05) is 0 Å². The lowest BCUT2D eigenvalue weighted by Gasteiger charge is -2.06. The molecule has 3 aromatic rings. The molecule has 0 saturated carbocycles. The summed E-state index contributed by atoms with van der Waals surface area (Å²) < 4.78 is 19.7. The largest absolute Gasteiger partial charge is 0.460 e. The third kappa shape index (κ3) is 2.83. The molecule has 0 bridgehead atoms. The minimum absolute atomic E-state index is 0.206. The van der Waals surface area contributed by atoms with Crippen LogP contribution >= 0.6 is 0 Å². The van der Waals surface area contributed by atoms with Crippen LogP contribution in [0, 0.1) is 5.82 Å². The monoisotopic (exact) mass is 283 g/mol. The van der Waals surface area contributed by atoms with Gasteiger partial charge in [-0.25, -0.2) is 4.39 Å². The molecule has 1 N–H and O–H groups in total. The van der Waals surface area contributed by atoms with E-state index in [9.17, 15) is 4.39 Å². The van der Waals surface area contributed by atoms with Crippen LogP contribution in [-0.2, 0) is 6.54 Å². The van der Waals surface area contributed by atoms with Gasteiger partial charge in [0.15, 0.2) is 0 Å². The molecule has 0 aliphatic carbocycles. The van der Waals surface area contributed by atoms with Crippen LogP contribution in [0.1, 0.15) is 19.6 Å². The quantitative estimate of drug-likeness (QED) is 0.748. The van der Waals surface area contributed by atoms with Gasteiger partial charge >= 0.3 is 0 Å². The third-order valence-corrected chi connectivity index (χ3v) is 3.48. The van der Waals surface area contributed by atoms with E-state index in [0.29, 0.717) is 18.0 Å². The number of hydrogen-bond acceptors (Lipinski definition) is 2. The number of fused-ring (bicyclic) bond motifs is 1. The number of halogens is 1. The highest BCUT2D eigenvalue weighted by Crippen LogP contribution is 2.31. The zero-order valence-corrected chi connectivity index (χ0v) is 12.2. The molecule has 0 unspecified atom stereocenters. The van der Waals surface area contributed by atoms with Crippen LogP contribution in [-0.4, -0.2) is 6.04 Å². The Labute approximate surface area is 123 Å². The van der Waals surface area contributed by atoms with Gasteiger partial charge in [0.2, 0.25) is 0 Å². The van der Waals surface area contributed by atoms with Crippen LogP contribution in [0.3, 0.4) is 0 Å². The summed E-state index contributed by atoms with van der Waals surface area (Å²) >= 11 is 0. The van der Waals surface area contributed by atoms with E-state index in [2.05, 4.69) is 19.2 Å². The lowest BCUT2D eigenvalue weighted by molar-refractivity contribution is 0.473. The van der Waals surface area contributed by atoms with Gasteiger partial charge in [0.05, 0.1) is 6.54 Å². The van der Waals surface area contributed by atoms with Crippen molar-refractivity contribution >= 4 is 10.8 Å². The molecule has 21 heavy (non-hydrogen) atoms. The van der Waals surface area contributed by atoms with Crippen molar-refractivity contribution in [1.82, 2.24) is 5.32 Å². The molecule has 0 amide bonds. The fourth-order valence-electron chi connectivity index (χ4n) is 2.40. The van der Waals surface area contributed by atoms with Crippen molar-refractivity contribution < 1.29 is 8.81 Å². The van der Waals surface area contributed by atoms with E-state index in [1.165, 1.54) is 6.07 Å². The average molecular weight is 283 g/mol. The summed E-state index contributed by atoms with van der Waals surface area (Å²) in [5.74, 6) is 1.45. The number of benzene rings is 2. The standard InChI is InChI=1S/C18H18FNO/c1-12(2)20-11-13-7-10-18(21-13)16-8-9-17(19)15-6-4-3-5-14(15)16/h3-10,12,20H,11H2,1-2H3. The molecule has 2 aromatic carbocycles. The topological polar surface area (TPSA) is 25.2 Å². The summed E-state index contributed by atoms with van der Waals surface area (Å²) in [5, 5.41) is 4.81. The Morgan fingerprint density at radius 1 is 1.00 bits per heavy atom. The van der Waals surface area contributed by atoms with Gasteiger partial charge < -0.3 is 9.73 Å². The zero-order chi connectivity index (χ0) is 14.8. The maximum absolute atomic E-state index is 13.9. The van der Waals surface area contributed by atoms with Crippen molar-refractivity contribution in [2.45, 2.75) is 26.4 Å². The van der Waals surface area contributed by atoms with Crippen LogP contribution in [0.4, 0.5) is 4.39 Å². The van der Waals surface area contributed by atoms with Gasteiger partial charge in [-0.2, -0.15) is 0 Å². The van der Waals surface area contributed by atoms with E-state index in [4.69, 9.17) is 4.42 Å². The Morgan fingerprint density at radius 2 is 1.76 bits per heavy atom. The highest BCUT2D eigenvalue weighted by molar-refractivity contribution is 5.95. The van der Waals surface area contributed by atoms with Crippen LogP contribution in [0.2, 0.25) is 0 Å². The number of furan rings is 1. The molecule has 0 spiro atoms. The third-order valence-electron chi connectivity index (χ3n) is 3.48. The highest BCUT2D eigenvalue weighted by atomic mass is 19.1. The van der Waals surface area contributed by atoms with E-state index < -0.39 is 0 Å². The molecular weight excluding hydrogens is 265 g/mol. The summed E-state index contributed by atoms with van der Waals surface area (Å²) in [6, 6.07) is 15.0. The first-order valence-corrected chi connectivity index (χ1v) is 7.15. The number of hydrogen-bond donors (Lipinski definition) is 1. The normalized spacial score (nSPS) is 11.4. The van der Waals surface area contributed by atoms with Gasteiger partial charge in [-0.1, -0.05) is 38.1 Å². The molecule has 0 radical (unpaired) electrons.